The zero-order valence-corrected chi connectivity index (χ0v) is 11.4. The molecule has 1 saturated carbocycles. The van der Waals surface area contributed by atoms with Gasteiger partial charge in [-0.15, -0.1) is 5.10 Å². The maximum absolute atomic E-state index is 13.1. The van der Waals surface area contributed by atoms with Crippen LogP contribution in [0.1, 0.15) is 29.8 Å². The highest BCUT2D eigenvalue weighted by Gasteiger charge is 2.59. The molecule has 1 N–H and O–H groups in total. The molecule has 0 aliphatic heterocycles. The Morgan fingerprint density at radius 1 is 1.41 bits per heavy atom. The number of aryl methyl sites for hydroxylation is 1. The fourth-order valence-electron chi connectivity index (χ4n) is 2.33. The first kappa shape index (κ1) is 14.5. The minimum absolute atomic E-state index is 0.179. The number of rotatable bonds is 2. The third kappa shape index (κ3) is 1.96. The highest BCUT2D eigenvalue weighted by molar-refractivity contribution is 5.98. The molecule has 0 aromatic carbocycles. The van der Waals surface area contributed by atoms with Crippen LogP contribution in [0.5, 0.6) is 0 Å². The Hall–Kier alpha value is -2.46. The maximum atomic E-state index is 13.1. The van der Waals surface area contributed by atoms with Crippen LogP contribution in [-0.4, -0.2) is 42.0 Å². The SMILES string of the molecule is Cn1nnc2c(C(=O)NC3(C(F)(F)F)CCC3)ncn2c1=O. The molecule has 3 rings (SSSR count). The molecule has 0 unspecified atom stereocenters. The minimum Gasteiger partial charge on any atom is -0.336 e. The molecule has 1 aliphatic rings. The predicted molar refractivity (Wildman–Crippen MR) is 66.1 cm³/mol. The van der Waals surface area contributed by atoms with Gasteiger partial charge in [-0.1, -0.05) is 5.21 Å². The number of imidazole rings is 1. The number of nitrogens with zero attached hydrogens (tertiary/aromatic N) is 5. The van der Waals surface area contributed by atoms with Crippen molar-refractivity contribution in [2.45, 2.75) is 31.0 Å². The van der Waals surface area contributed by atoms with Gasteiger partial charge in [0.15, 0.2) is 11.3 Å². The van der Waals surface area contributed by atoms with E-state index in [-0.39, 0.29) is 24.2 Å². The largest absolute Gasteiger partial charge is 0.411 e. The van der Waals surface area contributed by atoms with Crippen molar-refractivity contribution < 1.29 is 18.0 Å². The van der Waals surface area contributed by atoms with Crippen LogP contribution in [0.3, 0.4) is 0 Å². The Kier molecular flexibility index (Phi) is 2.97. The molecule has 1 amide bonds. The lowest BCUT2D eigenvalue weighted by Crippen LogP contribution is -2.63. The van der Waals surface area contributed by atoms with E-state index in [2.05, 4.69) is 15.3 Å². The first-order chi connectivity index (χ1) is 10.3. The number of alkyl halides is 3. The number of amides is 1. The maximum Gasteiger partial charge on any atom is 0.411 e. The number of carbonyl (C=O) groups excluding carboxylic acids is 1. The fourth-order valence-corrected chi connectivity index (χ4v) is 2.33. The van der Waals surface area contributed by atoms with Gasteiger partial charge >= 0.3 is 11.9 Å². The number of hydrogen-bond donors (Lipinski definition) is 1. The zero-order valence-electron chi connectivity index (χ0n) is 11.4. The summed E-state index contributed by atoms with van der Waals surface area (Å²) >= 11 is 0. The van der Waals surface area contributed by atoms with Crippen LogP contribution in [0.2, 0.25) is 0 Å². The second-order valence-electron chi connectivity index (χ2n) is 5.17. The smallest absolute Gasteiger partial charge is 0.336 e. The van der Waals surface area contributed by atoms with Crippen LogP contribution in [-0.2, 0) is 7.05 Å². The van der Waals surface area contributed by atoms with Gasteiger partial charge in [-0.25, -0.2) is 14.2 Å². The second-order valence-corrected chi connectivity index (χ2v) is 5.17. The van der Waals surface area contributed by atoms with Crippen LogP contribution in [0.15, 0.2) is 11.1 Å². The topological polar surface area (TPSA) is 94.2 Å². The molecule has 2 aromatic heterocycles. The van der Waals surface area contributed by atoms with Gasteiger partial charge in [-0.2, -0.15) is 17.9 Å². The molecule has 1 aliphatic carbocycles. The van der Waals surface area contributed by atoms with Crippen LogP contribution >= 0.6 is 0 Å². The van der Waals surface area contributed by atoms with E-state index in [1.807, 2.05) is 5.32 Å². The van der Waals surface area contributed by atoms with Crippen LogP contribution in [0.4, 0.5) is 13.2 Å². The summed E-state index contributed by atoms with van der Waals surface area (Å²) in [5.41, 5.74) is -3.38. The molecule has 0 saturated heterocycles. The molecular weight excluding hydrogens is 305 g/mol. The van der Waals surface area contributed by atoms with Crippen molar-refractivity contribution in [2.24, 2.45) is 7.05 Å². The van der Waals surface area contributed by atoms with E-state index >= 15 is 0 Å². The minimum atomic E-state index is -4.54. The van der Waals surface area contributed by atoms with Crippen LogP contribution in [0, 0.1) is 0 Å². The molecule has 11 heteroatoms. The summed E-state index contributed by atoms with van der Waals surface area (Å²) in [6.07, 6.45) is -3.49. The van der Waals surface area contributed by atoms with Gasteiger partial charge in [0.05, 0.1) is 0 Å². The van der Waals surface area contributed by atoms with E-state index in [4.69, 9.17) is 0 Å². The molecule has 2 aromatic rings. The molecule has 2 heterocycles. The second kappa shape index (κ2) is 4.52. The first-order valence-electron chi connectivity index (χ1n) is 6.41. The summed E-state index contributed by atoms with van der Waals surface area (Å²) in [5, 5.41) is 9.10. The Bertz CT molecular complexity index is 804. The van der Waals surface area contributed by atoms with Gasteiger partial charge < -0.3 is 5.32 Å². The van der Waals surface area contributed by atoms with Crippen molar-refractivity contribution >= 4 is 11.6 Å². The predicted octanol–water partition coefficient (Wildman–Crippen LogP) is 0.0378. The Morgan fingerprint density at radius 3 is 2.64 bits per heavy atom. The third-order valence-electron chi connectivity index (χ3n) is 3.82. The Labute approximate surface area is 120 Å². The standard InChI is InChI=1S/C11H11F3N6O2/c1-19-9(22)20-5-15-6(7(20)17-18-19)8(21)16-10(3-2-4-10)11(12,13)14/h5H,2-4H2,1H3,(H,16,21). The highest BCUT2D eigenvalue weighted by atomic mass is 19.4. The molecule has 118 valence electrons. The molecule has 22 heavy (non-hydrogen) atoms. The summed E-state index contributed by atoms with van der Waals surface area (Å²) in [6, 6.07) is 0. The van der Waals surface area contributed by atoms with Crippen molar-refractivity contribution in [1.29, 1.82) is 0 Å². The number of fused-ring (bicyclic) bond motifs is 1. The first-order valence-corrected chi connectivity index (χ1v) is 6.41. The Balaban J connectivity index is 1.97. The molecule has 8 nitrogen and oxygen atoms in total. The molecule has 0 atom stereocenters. The summed E-state index contributed by atoms with van der Waals surface area (Å²) < 4.78 is 41.1. The summed E-state index contributed by atoms with van der Waals surface area (Å²) in [6.45, 7) is 0. The van der Waals surface area contributed by atoms with Gasteiger partial charge in [0, 0.05) is 7.05 Å². The van der Waals surface area contributed by atoms with Crippen LogP contribution < -0.4 is 11.0 Å². The lowest BCUT2D eigenvalue weighted by Gasteiger charge is -2.43. The average molecular weight is 316 g/mol. The van der Waals surface area contributed by atoms with Crippen molar-refractivity contribution in [3.63, 3.8) is 0 Å². The van der Waals surface area contributed by atoms with Crippen molar-refractivity contribution in [3.05, 3.63) is 22.5 Å². The molecule has 1 fully saturated rings. The van der Waals surface area contributed by atoms with Gasteiger partial charge in [0.25, 0.3) is 5.91 Å². The summed E-state index contributed by atoms with van der Waals surface area (Å²) in [7, 11) is 1.35. The number of nitrogens with one attached hydrogen (secondary N) is 1. The van der Waals surface area contributed by atoms with Gasteiger partial charge in [0.1, 0.15) is 11.9 Å². The molecular formula is C11H11F3N6O2. The van der Waals surface area contributed by atoms with E-state index in [0.29, 0.717) is 6.42 Å². The number of halogens is 3. The van der Waals surface area contributed by atoms with Gasteiger partial charge in [-0.05, 0) is 19.3 Å². The number of aromatic nitrogens is 5. The van der Waals surface area contributed by atoms with Crippen LogP contribution in [0.25, 0.3) is 5.65 Å². The van der Waals surface area contributed by atoms with E-state index in [9.17, 15) is 22.8 Å². The monoisotopic (exact) mass is 316 g/mol. The van der Waals surface area contributed by atoms with E-state index in [1.54, 1.807) is 0 Å². The number of carbonyl (C=O) groups is 1. The number of hydrogen-bond acceptors (Lipinski definition) is 5. The van der Waals surface area contributed by atoms with Gasteiger partial charge in [-0.3, -0.25) is 4.79 Å². The van der Waals surface area contributed by atoms with Crippen molar-refractivity contribution in [2.75, 3.05) is 0 Å². The summed E-state index contributed by atoms with van der Waals surface area (Å²) in [4.78, 5) is 27.5. The van der Waals surface area contributed by atoms with E-state index in [0.717, 1.165) is 15.4 Å². The van der Waals surface area contributed by atoms with E-state index < -0.39 is 23.3 Å². The highest BCUT2D eigenvalue weighted by Crippen LogP contribution is 2.45. The van der Waals surface area contributed by atoms with Crippen molar-refractivity contribution in [1.82, 2.24) is 29.7 Å². The van der Waals surface area contributed by atoms with Gasteiger partial charge in [0.2, 0.25) is 0 Å². The quantitative estimate of drug-likeness (QED) is 0.844. The molecule has 0 spiro atoms. The zero-order chi connectivity index (χ0) is 16.1. The average Bonchev–Trinajstić information content (AvgIpc) is 2.81. The lowest BCUT2D eigenvalue weighted by atomic mass is 9.76. The Morgan fingerprint density at radius 2 is 2.09 bits per heavy atom. The molecule has 0 radical (unpaired) electrons. The fraction of sp³-hybridized carbons (Fsp3) is 0.545. The third-order valence-corrected chi connectivity index (χ3v) is 3.82. The van der Waals surface area contributed by atoms with Crippen molar-refractivity contribution in [3.8, 4) is 0 Å². The summed E-state index contributed by atoms with van der Waals surface area (Å²) in [5.74, 6) is -1.03. The molecule has 0 bridgehead atoms. The van der Waals surface area contributed by atoms with E-state index in [1.165, 1.54) is 7.05 Å². The normalized spacial score (nSPS) is 17.3. The lowest BCUT2D eigenvalue weighted by molar-refractivity contribution is -0.215.